The summed E-state index contributed by atoms with van der Waals surface area (Å²) in [6.45, 7) is 6.08. The minimum atomic E-state index is -0.942. The second kappa shape index (κ2) is 12.0. The van der Waals surface area contributed by atoms with E-state index >= 15 is 0 Å². The number of methoxy groups -OCH3 is 1. The molecule has 12 nitrogen and oxygen atoms in total. The highest BCUT2D eigenvalue weighted by molar-refractivity contribution is 6.07. The van der Waals surface area contributed by atoms with Crippen LogP contribution in [-0.2, 0) is 19.1 Å². The standard InChI is InChI=1S/C27H30N4O8/c1-17-22(26(33)37-3)24(19-6-4-7-20(16-19)31(35)36)23(18(2)28-17)27(34)39-15-13-29-9-11-30(12-10-29)25(32)21-8-5-14-38-21/h4-8,14,16,22,24H,9-13,15H2,1-3H3/t22?,24-/m1/s1. The zero-order chi connectivity index (χ0) is 28.1. The highest BCUT2D eigenvalue weighted by Crippen LogP contribution is 2.40. The Morgan fingerprint density at radius 3 is 2.51 bits per heavy atom. The van der Waals surface area contributed by atoms with Crippen molar-refractivity contribution in [2.24, 2.45) is 10.9 Å². The number of benzene rings is 1. The van der Waals surface area contributed by atoms with Crippen LogP contribution in [0.25, 0.3) is 0 Å². The Morgan fingerprint density at radius 2 is 1.87 bits per heavy atom. The summed E-state index contributed by atoms with van der Waals surface area (Å²) >= 11 is 0. The summed E-state index contributed by atoms with van der Waals surface area (Å²) in [7, 11) is 1.24. The highest BCUT2D eigenvalue weighted by atomic mass is 16.6. The van der Waals surface area contributed by atoms with E-state index in [-0.39, 0.29) is 23.8 Å². The highest BCUT2D eigenvalue weighted by Gasteiger charge is 2.42. The number of amides is 1. The van der Waals surface area contributed by atoms with Gasteiger partial charge in [0.25, 0.3) is 11.6 Å². The number of carbonyl (C=O) groups excluding carboxylic acids is 3. The van der Waals surface area contributed by atoms with Gasteiger partial charge in [-0.05, 0) is 31.5 Å². The van der Waals surface area contributed by atoms with Crippen LogP contribution < -0.4 is 0 Å². The Balaban J connectivity index is 1.45. The van der Waals surface area contributed by atoms with Gasteiger partial charge in [-0.2, -0.15) is 0 Å². The lowest BCUT2D eigenvalue weighted by atomic mass is 9.75. The summed E-state index contributed by atoms with van der Waals surface area (Å²) in [4.78, 5) is 57.7. The van der Waals surface area contributed by atoms with Gasteiger partial charge in [-0.25, -0.2) is 4.79 Å². The molecule has 12 heteroatoms. The molecule has 1 saturated heterocycles. The van der Waals surface area contributed by atoms with Crippen LogP contribution in [0.2, 0.25) is 0 Å². The third-order valence-electron chi connectivity index (χ3n) is 6.98. The van der Waals surface area contributed by atoms with Crippen LogP contribution in [0.15, 0.2) is 63.3 Å². The molecule has 2 aliphatic rings. The van der Waals surface area contributed by atoms with Crippen molar-refractivity contribution in [3.8, 4) is 0 Å². The number of ether oxygens (including phenoxy) is 2. The molecule has 2 aromatic rings. The van der Waals surface area contributed by atoms with Crippen molar-refractivity contribution in [3.05, 3.63) is 75.4 Å². The summed E-state index contributed by atoms with van der Waals surface area (Å²) in [5.74, 6) is -2.92. The fraction of sp³-hybridized carbons (Fsp3) is 0.407. The number of hydrogen-bond acceptors (Lipinski definition) is 10. The quantitative estimate of drug-likeness (QED) is 0.281. The molecule has 2 atom stereocenters. The van der Waals surface area contributed by atoms with E-state index in [2.05, 4.69) is 9.89 Å². The molecule has 0 spiro atoms. The molecule has 0 radical (unpaired) electrons. The maximum absolute atomic E-state index is 13.4. The lowest BCUT2D eigenvalue weighted by Gasteiger charge is -2.34. The normalized spacial score (nSPS) is 19.9. The van der Waals surface area contributed by atoms with E-state index in [9.17, 15) is 24.5 Å². The van der Waals surface area contributed by atoms with E-state index in [1.807, 2.05) is 0 Å². The average Bonchev–Trinajstić information content (AvgIpc) is 3.47. The fourth-order valence-electron chi connectivity index (χ4n) is 5.00. The maximum atomic E-state index is 13.4. The van der Waals surface area contributed by atoms with Gasteiger partial charge in [0.05, 0.1) is 23.9 Å². The zero-order valence-electron chi connectivity index (χ0n) is 22.0. The van der Waals surface area contributed by atoms with Crippen molar-refractivity contribution in [2.45, 2.75) is 19.8 Å². The molecule has 4 rings (SSSR count). The molecule has 0 saturated carbocycles. The van der Waals surface area contributed by atoms with Crippen molar-refractivity contribution in [3.63, 3.8) is 0 Å². The molecule has 3 heterocycles. The van der Waals surface area contributed by atoms with Gasteiger partial charge in [0.2, 0.25) is 0 Å². The van der Waals surface area contributed by atoms with Crippen LogP contribution in [-0.4, -0.2) is 84.7 Å². The zero-order valence-corrected chi connectivity index (χ0v) is 22.0. The van der Waals surface area contributed by atoms with Crippen molar-refractivity contribution < 1.29 is 33.2 Å². The van der Waals surface area contributed by atoms with Gasteiger partial charge in [0.1, 0.15) is 12.5 Å². The molecule has 0 N–H and O–H groups in total. The number of piperazine rings is 1. The second-order valence-electron chi connectivity index (χ2n) is 9.33. The Bertz CT molecular complexity index is 1310. The lowest BCUT2D eigenvalue weighted by Crippen LogP contribution is -2.49. The first-order valence-corrected chi connectivity index (χ1v) is 12.5. The van der Waals surface area contributed by atoms with Crippen molar-refractivity contribution >= 4 is 29.2 Å². The number of carbonyl (C=O) groups is 3. The average molecular weight is 539 g/mol. The lowest BCUT2D eigenvalue weighted by molar-refractivity contribution is -0.384. The number of hydrogen-bond donors (Lipinski definition) is 0. The summed E-state index contributed by atoms with van der Waals surface area (Å²) in [5.41, 5.74) is 1.22. The minimum absolute atomic E-state index is 0.0784. The largest absolute Gasteiger partial charge is 0.468 e. The number of nitro benzene ring substituents is 1. The molecule has 2 aliphatic heterocycles. The molecule has 206 valence electrons. The maximum Gasteiger partial charge on any atom is 0.336 e. The minimum Gasteiger partial charge on any atom is -0.468 e. The molecule has 39 heavy (non-hydrogen) atoms. The third kappa shape index (κ3) is 6.06. The Labute approximate surface area is 225 Å². The van der Waals surface area contributed by atoms with E-state index in [1.165, 1.54) is 31.6 Å². The summed E-state index contributed by atoms with van der Waals surface area (Å²) in [5, 5.41) is 11.4. The monoisotopic (exact) mass is 538 g/mol. The van der Waals surface area contributed by atoms with E-state index in [1.54, 1.807) is 36.9 Å². The van der Waals surface area contributed by atoms with Crippen LogP contribution >= 0.6 is 0 Å². The molecule has 1 amide bonds. The molecule has 0 bridgehead atoms. The predicted molar refractivity (Wildman–Crippen MR) is 139 cm³/mol. The van der Waals surface area contributed by atoms with E-state index in [0.29, 0.717) is 55.5 Å². The number of nitrogens with zero attached hydrogens (tertiary/aromatic N) is 4. The van der Waals surface area contributed by atoms with Gasteiger partial charge < -0.3 is 18.8 Å². The molecular weight excluding hydrogens is 508 g/mol. The van der Waals surface area contributed by atoms with Crippen molar-refractivity contribution in [1.82, 2.24) is 9.80 Å². The van der Waals surface area contributed by atoms with Gasteiger partial charge in [0, 0.05) is 62.2 Å². The first-order valence-electron chi connectivity index (χ1n) is 12.5. The van der Waals surface area contributed by atoms with Gasteiger partial charge in [-0.1, -0.05) is 12.1 Å². The Morgan fingerprint density at radius 1 is 1.13 bits per heavy atom. The SMILES string of the molecule is COC(=O)C1C(C)=NC(C)=C(C(=O)OCCN2CCN(C(=O)c3ccco3)CC2)[C@@H]1c1cccc([N+](=O)[O-])c1. The molecule has 1 fully saturated rings. The first-order chi connectivity index (χ1) is 18.7. The number of aliphatic imine (C=N–C) groups is 1. The number of esters is 2. The third-order valence-corrected chi connectivity index (χ3v) is 6.98. The second-order valence-corrected chi connectivity index (χ2v) is 9.33. The van der Waals surface area contributed by atoms with E-state index in [0.717, 1.165) is 0 Å². The van der Waals surface area contributed by atoms with Crippen molar-refractivity contribution in [1.29, 1.82) is 0 Å². The van der Waals surface area contributed by atoms with E-state index < -0.39 is 28.7 Å². The van der Waals surface area contributed by atoms with Crippen LogP contribution in [0.3, 0.4) is 0 Å². The predicted octanol–water partition coefficient (Wildman–Crippen LogP) is 2.81. The topological polar surface area (TPSA) is 145 Å². The summed E-state index contributed by atoms with van der Waals surface area (Å²) in [6.07, 6.45) is 1.46. The number of rotatable bonds is 8. The summed E-state index contributed by atoms with van der Waals surface area (Å²) < 4.78 is 15.8. The molecule has 1 unspecified atom stereocenters. The number of furan rings is 1. The van der Waals surface area contributed by atoms with Gasteiger partial charge >= 0.3 is 11.9 Å². The van der Waals surface area contributed by atoms with Gasteiger partial charge in [-0.3, -0.25) is 29.6 Å². The summed E-state index contributed by atoms with van der Waals surface area (Å²) in [6, 6.07) is 9.14. The number of allylic oxidation sites excluding steroid dienone is 1. The van der Waals surface area contributed by atoms with Crippen molar-refractivity contribution in [2.75, 3.05) is 46.4 Å². The van der Waals surface area contributed by atoms with Crippen LogP contribution in [0.4, 0.5) is 5.69 Å². The number of nitro groups is 1. The van der Waals surface area contributed by atoms with Gasteiger partial charge in [-0.15, -0.1) is 0 Å². The molecular formula is C27H30N4O8. The van der Waals surface area contributed by atoms with Crippen LogP contribution in [0, 0.1) is 16.0 Å². The number of non-ortho nitro benzene ring substituents is 1. The van der Waals surface area contributed by atoms with Crippen LogP contribution in [0.5, 0.6) is 0 Å². The first kappa shape index (κ1) is 27.7. The fourth-order valence-corrected chi connectivity index (χ4v) is 5.00. The Kier molecular flexibility index (Phi) is 8.55. The molecule has 0 aliphatic carbocycles. The molecule has 1 aromatic heterocycles. The Hall–Kier alpha value is -4.32. The van der Waals surface area contributed by atoms with Gasteiger partial charge in [0.15, 0.2) is 5.76 Å². The smallest absolute Gasteiger partial charge is 0.336 e. The van der Waals surface area contributed by atoms with E-state index in [4.69, 9.17) is 13.9 Å². The van der Waals surface area contributed by atoms with Crippen LogP contribution in [0.1, 0.15) is 35.9 Å². The molecule has 1 aromatic carbocycles.